The van der Waals surface area contributed by atoms with Crippen LogP contribution in [-0.2, 0) is 9.59 Å². The normalized spacial score (nSPS) is 19.8. The second-order valence-electron chi connectivity index (χ2n) is 7.77. The second-order valence-corrected chi connectivity index (χ2v) is 8.21. The molecule has 2 aliphatic heterocycles. The van der Waals surface area contributed by atoms with E-state index in [1.807, 2.05) is 49.1 Å². The van der Waals surface area contributed by atoms with E-state index >= 15 is 0 Å². The molecule has 2 aromatic rings. The minimum absolute atomic E-state index is 0.0288. The molecule has 4 rings (SSSR count). The summed E-state index contributed by atoms with van der Waals surface area (Å²) in [6.07, 6.45) is 1.92. The van der Waals surface area contributed by atoms with E-state index in [1.165, 1.54) is 0 Å². The Labute approximate surface area is 176 Å². The first-order valence-corrected chi connectivity index (χ1v) is 10.3. The number of pyridine rings is 1. The molecule has 1 aromatic carbocycles. The lowest BCUT2D eigenvalue weighted by molar-refractivity contribution is -0.136. The van der Waals surface area contributed by atoms with Crippen LogP contribution in [0.1, 0.15) is 17.5 Å². The van der Waals surface area contributed by atoms with Crippen LogP contribution < -0.4 is 9.80 Å². The summed E-state index contributed by atoms with van der Waals surface area (Å²) < 4.78 is 0. The van der Waals surface area contributed by atoms with Gasteiger partial charge in [-0.3, -0.25) is 9.59 Å². The predicted molar refractivity (Wildman–Crippen MR) is 114 cm³/mol. The van der Waals surface area contributed by atoms with E-state index in [0.717, 1.165) is 35.7 Å². The van der Waals surface area contributed by atoms with E-state index in [1.54, 1.807) is 11.1 Å². The lowest BCUT2D eigenvalue weighted by Crippen LogP contribution is -2.51. The quantitative estimate of drug-likeness (QED) is 0.777. The fraction of sp³-hybridized carbons (Fsp3) is 0.409. The first-order chi connectivity index (χ1) is 13.9. The minimum atomic E-state index is -0.275. The van der Waals surface area contributed by atoms with Crippen molar-refractivity contribution in [1.29, 1.82) is 0 Å². The van der Waals surface area contributed by atoms with Gasteiger partial charge in [-0.25, -0.2) is 4.98 Å². The van der Waals surface area contributed by atoms with E-state index in [-0.39, 0.29) is 24.2 Å². The number of aromatic nitrogens is 1. The zero-order chi connectivity index (χ0) is 20.5. The molecule has 1 aromatic heterocycles. The largest absolute Gasteiger partial charge is 0.353 e. The van der Waals surface area contributed by atoms with Gasteiger partial charge in [0.2, 0.25) is 11.8 Å². The highest BCUT2D eigenvalue weighted by atomic mass is 35.5. The number of benzene rings is 1. The van der Waals surface area contributed by atoms with Gasteiger partial charge in [0.25, 0.3) is 0 Å². The number of hydrogen-bond acceptors (Lipinski definition) is 4. The molecule has 3 heterocycles. The molecule has 1 atom stereocenters. The van der Waals surface area contributed by atoms with Gasteiger partial charge in [-0.15, -0.1) is 0 Å². The molecular weight excluding hydrogens is 388 g/mol. The summed E-state index contributed by atoms with van der Waals surface area (Å²) in [6.45, 7) is 7.24. The first-order valence-electron chi connectivity index (χ1n) is 9.96. The molecule has 2 aliphatic rings. The Kier molecular flexibility index (Phi) is 5.46. The highest BCUT2D eigenvalue weighted by Gasteiger charge is 2.38. The number of nitrogens with zero attached hydrogens (tertiary/aromatic N) is 4. The van der Waals surface area contributed by atoms with Crippen molar-refractivity contribution in [2.75, 3.05) is 42.5 Å². The van der Waals surface area contributed by atoms with E-state index in [0.29, 0.717) is 24.7 Å². The van der Waals surface area contributed by atoms with Gasteiger partial charge in [-0.2, -0.15) is 0 Å². The fourth-order valence-corrected chi connectivity index (χ4v) is 4.21. The Hall–Kier alpha value is -2.60. The fourth-order valence-electron chi connectivity index (χ4n) is 4.10. The van der Waals surface area contributed by atoms with Crippen LogP contribution in [0.5, 0.6) is 0 Å². The van der Waals surface area contributed by atoms with Crippen LogP contribution in [0, 0.1) is 19.8 Å². The molecule has 2 saturated heterocycles. The second kappa shape index (κ2) is 8.03. The maximum atomic E-state index is 13.1. The Morgan fingerprint density at radius 1 is 1.10 bits per heavy atom. The molecule has 2 amide bonds. The van der Waals surface area contributed by atoms with Gasteiger partial charge in [0.05, 0.1) is 10.9 Å². The molecule has 7 heteroatoms. The number of carbonyl (C=O) groups excluding carboxylic acids is 2. The van der Waals surface area contributed by atoms with Gasteiger partial charge in [0.1, 0.15) is 5.82 Å². The topological polar surface area (TPSA) is 56.8 Å². The Morgan fingerprint density at radius 2 is 1.86 bits per heavy atom. The van der Waals surface area contributed by atoms with Crippen molar-refractivity contribution in [2.24, 2.45) is 5.92 Å². The molecule has 0 N–H and O–H groups in total. The molecule has 152 valence electrons. The van der Waals surface area contributed by atoms with Crippen molar-refractivity contribution in [3.63, 3.8) is 0 Å². The molecular formula is C22H25ClN4O2. The molecule has 0 bridgehead atoms. The van der Waals surface area contributed by atoms with Crippen molar-refractivity contribution < 1.29 is 9.59 Å². The standard InChI is InChI=1S/C22H25ClN4O2/c1-15-4-3-5-19(16(15)2)27-14-17(12-21(27)28)22(29)26-10-8-25(9-11-26)20-7-6-18(23)13-24-20/h3-7,13,17H,8-12,14H2,1-2H3. The SMILES string of the molecule is Cc1cccc(N2CC(C(=O)N3CCN(c4ccc(Cl)cn4)CC3)CC2=O)c1C. The Morgan fingerprint density at radius 3 is 2.55 bits per heavy atom. The highest BCUT2D eigenvalue weighted by molar-refractivity contribution is 6.30. The third-order valence-electron chi connectivity index (χ3n) is 5.97. The number of aryl methyl sites for hydroxylation is 1. The van der Waals surface area contributed by atoms with Gasteiger partial charge in [-0.05, 0) is 43.2 Å². The summed E-state index contributed by atoms with van der Waals surface area (Å²) >= 11 is 5.91. The summed E-state index contributed by atoms with van der Waals surface area (Å²) in [5, 5.41) is 0.613. The zero-order valence-electron chi connectivity index (χ0n) is 16.8. The Bertz CT molecular complexity index is 923. The zero-order valence-corrected chi connectivity index (χ0v) is 17.5. The maximum absolute atomic E-state index is 13.1. The molecule has 2 fully saturated rings. The smallest absolute Gasteiger partial charge is 0.228 e. The van der Waals surface area contributed by atoms with E-state index in [2.05, 4.69) is 9.88 Å². The van der Waals surface area contributed by atoms with Gasteiger partial charge >= 0.3 is 0 Å². The van der Waals surface area contributed by atoms with Crippen molar-refractivity contribution in [1.82, 2.24) is 9.88 Å². The summed E-state index contributed by atoms with van der Waals surface area (Å²) in [4.78, 5) is 35.9. The third kappa shape index (κ3) is 3.94. The average molecular weight is 413 g/mol. The van der Waals surface area contributed by atoms with Crippen molar-refractivity contribution in [2.45, 2.75) is 20.3 Å². The number of amides is 2. The molecule has 1 unspecified atom stereocenters. The van der Waals surface area contributed by atoms with E-state index < -0.39 is 0 Å². The van der Waals surface area contributed by atoms with Crippen LogP contribution in [0.15, 0.2) is 36.5 Å². The number of rotatable bonds is 3. The van der Waals surface area contributed by atoms with E-state index in [9.17, 15) is 9.59 Å². The summed E-state index contributed by atoms with van der Waals surface area (Å²) in [5.41, 5.74) is 3.17. The maximum Gasteiger partial charge on any atom is 0.228 e. The van der Waals surface area contributed by atoms with Gasteiger partial charge in [-0.1, -0.05) is 23.7 Å². The molecule has 0 radical (unpaired) electrons. The summed E-state index contributed by atoms with van der Waals surface area (Å²) in [7, 11) is 0. The molecule has 0 aliphatic carbocycles. The van der Waals surface area contributed by atoms with Gasteiger partial charge in [0.15, 0.2) is 0 Å². The van der Waals surface area contributed by atoms with Crippen LogP contribution >= 0.6 is 11.6 Å². The van der Waals surface area contributed by atoms with Crippen LogP contribution in [0.3, 0.4) is 0 Å². The van der Waals surface area contributed by atoms with Crippen LogP contribution in [0.2, 0.25) is 5.02 Å². The number of anilines is 2. The average Bonchev–Trinajstić information content (AvgIpc) is 3.12. The van der Waals surface area contributed by atoms with Crippen molar-refractivity contribution in [3.8, 4) is 0 Å². The molecule has 6 nitrogen and oxygen atoms in total. The van der Waals surface area contributed by atoms with E-state index in [4.69, 9.17) is 11.6 Å². The van der Waals surface area contributed by atoms with Crippen LogP contribution in [0.25, 0.3) is 0 Å². The van der Waals surface area contributed by atoms with Gasteiger partial charge in [0, 0.05) is 51.0 Å². The highest BCUT2D eigenvalue weighted by Crippen LogP contribution is 2.30. The summed E-state index contributed by atoms with van der Waals surface area (Å²) in [5.74, 6) is 0.706. The predicted octanol–water partition coefficient (Wildman–Crippen LogP) is 3.05. The molecule has 0 spiro atoms. The van der Waals surface area contributed by atoms with Crippen molar-refractivity contribution >= 4 is 34.9 Å². The number of hydrogen-bond donors (Lipinski definition) is 0. The van der Waals surface area contributed by atoms with Crippen LogP contribution in [0.4, 0.5) is 11.5 Å². The van der Waals surface area contributed by atoms with Crippen molar-refractivity contribution in [3.05, 3.63) is 52.7 Å². The summed E-state index contributed by atoms with van der Waals surface area (Å²) in [6, 6.07) is 9.69. The molecule has 0 saturated carbocycles. The number of piperazine rings is 1. The lowest BCUT2D eigenvalue weighted by atomic mass is 10.1. The van der Waals surface area contributed by atoms with Gasteiger partial charge < -0.3 is 14.7 Å². The monoisotopic (exact) mass is 412 g/mol. The van der Waals surface area contributed by atoms with Crippen LogP contribution in [-0.4, -0.2) is 54.4 Å². The number of carbonyl (C=O) groups is 2. The Balaban J connectivity index is 1.39. The first kappa shape index (κ1) is 19.7. The minimum Gasteiger partial charge on any atom is -0.353 e. The molecule has 29 heavy (non-hydrogen) atoms. The lowest BCUT2D eigenvalue weighted by Gasteiger charge is -2.36. The number of halogens is 1. The third-order valence-corrected chi connectivity index (χ3v) is 6.19.